The van der Waals surface area contributed by atoms with Crippen LogP contribution in [0.15, 0.2) is 36.4 Å². The molecule has 0 aliphatic carbocycles. The van der Waals surface area contributed by atoms with E-state index in [1.807, 2.05) is 17.2 Å². The molecule has 0 saturated carbocycles. The first-order chi connectivity index (χ1) is 14.2. The highest BCUT2D eigenvalue weighted by Crippen LogP contribution is 2.39. The third-order valence-corrected chi connectivity index (χ3v) is 6.42. The topological polar surface area (TPSA) is 29.5 Å². The number of hydrogen-bond acceptors (Lipinski definition) is 3. The second-order valence-corrected chi connectivity index (χ2v) is 9.35. The number of rotatable bonds is 11. The standard InChI is InChI=1S/C27H38NO2/c1-8-11-18-28(23-15-12-21(20-29)13-16-23)30-25-17-14-22(26(4,5)9-2)19-24(25)27(6,7)10-3/h12,14-17,19-20H,8-11,18H2,1-7H3. The van der Waals surface area contributed by atoms with Gasteiger partial charge >= 0.3 is 0 Å². The molecule has 0 spiro atoms. The zero-order chi connectivity index (χ0) is 22.4. The molecule has 2 aromatic carbocycles. The fraction of sp³-hybridized carbons (Fsp3) is 0.519. The molecule has 0 heterocycles. The van der Waals surface area contributed by atoms with Crippen LogP contribution in [0.5, 0.6) is 5.75 Å². The summed E-state index contributed by atoms with van der Waals surface area (Å²) in [6.45, 7) is 16.6. The van der Waals surface area contributed by atoms with Crippen LogP contribution >= 0.6 is 0 Å². The number of hydroxylamine groups is 1. The minimum absolute atomic E-state index is 0.000902. The van der Waals surface area contributed by atoms with E-state index in [1.165, 1.54) is 11.1 Å². The molecule has 3 heteroatoms. The van der Waals surface area contributed by atoms with Crippen LogP contribution in [-0.4, -0.2) is 12.8 Å². The van der Waals surface area contributed by atoms with Crippen molar-refractivity contribution in [1.29, 1.82) is 0 Å². The highest BCUT2D eigenvalue weighted by molar-refractivity contribution is 5.75. The first-order valence-electron chi connectivity index (χ1n) is 11.3. The Hall–Kier alpha value is -2.29. The van der Waals surface area contributed by atoms with Gasteiger partial charge in [0.05, 0.1) is 12.2 Å². The molecule has 0 bridgehead atoms. The van der Waals surface area contributed by atoms with Gasteiger partial charge in [-0.15, -0.1) is 0 Å². The van der Waals surface area contributed by atoms with E-state index in [0.717, 1.165) is 50.0 Å². The number of carbonyl (C=O) groups excluding carboxylic acids is 1. The number of unbranched alkanes of at least 4 members (excludes halogenated alkanes) is 1. The predicted octanol–water partition coefficient (Wildman–Crippen LogP) is 7.27. The molecule has 3 nitrogen and oxygen atoms in total. The largest absolute Gasteiger partial charge is 0.379 e. The van der Waals surface area contributed by atoms with Crippen LogP contribution in [0.4, 0.5) is 5.69 Å². The van der Waals surface area contributed by atoms with Crippen molar-refractivity contribution < 1.29 is 9.63 Å². The third-order valence-electron chi connectivity index (χ3n) is 6.42. The van der Waals surface area contributed by atoms with Crippen molar-refractivity contribution in [3.8, 4) is 5.75 Å². The van der Waals surface area contributed by atoms with E-state index >= 15 is 0 Å². The summed E-state index contributed by atoms with van der Waals surface area (Å²) in [5.41, 5.74) is 4.16. The molecule has 0 amide bonds. The van der Waals surface area contributed by atoms with Gasteiger partial charge in [-0.05, 0) is 66.0 Å². The number of anilines is 1. The monoisotopic (exact) mass is 408 g/mol. The number of nitrogens with zero attached hydrogens (tertiary/aromatic N) is 1. The molecular weight excluding hydrogens is 370 g/mol. The average Bonchev–Trinajstić information content (AvgIpc) is 2.76. The van der Waals surface area contributed by atoms with Crippen LogP contribution in [-0.2, 0) is 10.8 Å². The van der Waals surface area contributed by atoms with Gasteiger partial charge in [-0.1, -0.05) is 67.0 Å². The van der Waals surface area contributed by atoms with E-state index in [0.29, 0.717) is 5.56 Å². The first-order valence-corrected chi connectivity index (χ1v) is 11.3. The number of hydrogen-bond donors (Lipinski definition) is 0. The van der Waals surface area contributed by atoms with Crippen molar-refractivity contribution in [3.05, 3.63) is 59.2 Å². The van der Waals surface area contributed by atoms with Crippen molar-refractivity contribution >= 4 is 12.0 Å². The zero-order valence-electron chi connectivity index (χ0n) is 19.8. The molecule has 163 valence electrons. The van der Waals surface area contributed by atoms with Crippen LogP contribution in [0.1, 0.15) is 95.6 Å². The number of aldehydes is 1. The molecular formula is C27H38NO2. The zero-order valence-corrected chi connectivity index (χ0v) is 19.8. The van der Waals surface area contributed by atoms with Gasteiger partial charge in [-0.2, -0.15) is 0 Å². The van der Waals surface area contributed by atoms with Gasteiger partial charge in [0, 0.05) is 11.1 Å². The van der Waals surface area contributed by atoms with Crippen LogP contribution in [0.25, 0.3) is 0 Å². The molecule has 0 unspecified atom stereocenters. The summed E-state index contributed by atoms with van der Waals surface area (Å²) in [5, 5.41) is 1.93. The Morgan fingerprint density at radius 1 is 1.00 bits per heavy atom. The summed E-state index contributed by atoms with van der Waals surface area (Å²) in [7, 11) is 0. The lowest BCUT2D eigenvalue weighted by atomic mass is 9.76. The first kappa shape index (κ1) is 24.0. The molecule has 0 saturated heterocycles. The maximum Gasteiger partial charge on any atom is 0.159 e. The lowest BCUT2D eigenvalue weighted by molar-refractivity contribution is 0.112. The minimum atomic E-state index is -0.000902. The van der Waals surface area contributed by atoms with Crippen LogP contribution in [0, 0.1) is 6.07 Å². The Kier molecular flexibility index (Phi) is 8.11. The Morgan fingerprint density at radius 2 is 1.70 bits per heavy atom. The van der Waals surface area contributed by atoms with Crippen LogP contribution in [0.2, 0.25) is 0 Å². The van der Waals surface area contributed by atoms with E-state index in [-0.39, 0.29) is 10.8 Å². The Bertz CT molecular complexity index is 821. The smallest absolute Gasteiger partial charge is 0.159 e. The highest BCUT2D eigenvalue weighted by atomic mass is 16.7. The Balaban J connectivity index is 2.48. The highest BCUT2D eigenvalue weighted by Gasteiger charge is 2.27. The SMILES string of the molecule is CCCCN(Oc1ccc(C(C)(C)CC)cc1C(C)(C)CC)c1c[c]c(C=O)cc1. The summed E-state index contributed by atoms with van der Waals surface area (Å²) < 4.78 is 0. The average molecular weight is 409 g/mol. The van der Waals surface area contributed by atoms with Crippen LogP contribution < -0.4 is 9.90 Å². The van der Waals surface area contributed by atoms with Crippen molar-refractivity contribution in [2.24, 2.45) is 0 Å². The minimum Gasteiger partial charge on any atom is -0.379 e. The molecule has 2 aromatic rings. The van der Waals surface area contributed by atoms with Gasteiger partial charge in [0.25, 0.3) is 0 Å². The third kappa shape index (κ3) is 5.65. The molecule has 0 atom stereocenters. The van der Waals surface area contributed by atoms with E-state index in [4.69, 9.17) is 4.84 Å². The molecule has 0 N–H and O–H groups in total. The summed E-state index contributed by atoms with van der Waals surface area (Å²) >= 11 is 0. The number of benzene rings is 2. The molecule has 1 radical (unpaired) electrons. The summed E-state index contributed by atoms with van der Waals surface area (Å²) in [5.74, 6) is 0.896. The maximum absolute atomic E-state index is 11.0. The maximum atomic E-state index is 11.0. The second-order valence-electron chi connectivity index (χ2n) is 9.35. The van der Waals surface area contributed by atoms with E-state index in [9.17, 15) is 4.79 Å². The van der Waals surface area contributed by atoms with Gasteiger partial charge in [0.15, 0.2) is 12.0 Å². The van der Waals surface area contributed by atoms with E-state index in [2.05, 4.69) is 72.7 Å². The van der Waals surface area contributed by atoms with Gasteiger partial charge in [-0.25, -0.2) is 5.06 Å². The van der Waals surface area contributed by atoms with Crippen molar-refractivity contribution in [1.82, 2.24) is 0 Å². The molecule has 0 aliphatic heterocycles. The van der Waals surface area contributed by atoms with Crippen molar-refractivity contribution in [2.75, 3.05) is 11.6 Å². The van der Waals surface area contributed by atoms with Gasteiger partial charge in [0.2, 0.25) is 0 Å². The normalized spacial score (nSPS) is 12.0. The molecule has 0 fully saturated rings. The summed E-state index contributed by atoms with van der Waals surface area (Å²) in [6, 6.07) is 15.2. The second kappa shape index (κ2) is 10.1. The van der Waals surface area contributed by atoms with Gasteiger partial charge < -0.3 is 4.84 Å². The molecule has 30 heavy (non-hydrogen) atoms. The van der Waals surface area contributed by atoms with Gasteiger partial charge in [-0.3, -0.25) is 4.79 Å². The van der Waals surface area contributed by atoms with Crippen molar-refractivity contribution in [2.45, 2.75) is 85.0 Å². The molecule has 2 rings (SSSR count). The fourth-order valence-corrected chi connectivity index (χ4v) is 3.26. The summed E-state index contributed by atoms with van der Waals surface area (Å²) in [6.07, 6.45) is 5.02. The molecule has 0 aliphatic rings. The van der Waals surface area contributed by atoms with Crippen LogP contribution in [0.3, 0.4) is 0 Å². The summed E-state index contributed by atoms with van der Waals surface area (Å²) in [4.78, 5) is 17.5. The van der Waals surface area contributed by atoms with Gasteiger partial charge in [0.1, 0.15) is 0 Å². The quantitative estimate of drug-likeness (QED) is 0.289. The van der Waals surface area contributed by atoms with E-state index in [1.54, 1.807) is 6.07 Å². The lowest BCUT2D eigenvalue weighted by Gasteiger charge is -2.32. The number of carbonyl (C=O) groups is 1. The van der Waals surface area contributed by atoms with E-state index < -0.39 is 0 Å². The fourth-order valence-electron chi connectivity index (χ4n) is 3.26. The molecule has 0 aromatic heterocycles. The van der Waals surface area contributed by atoms with Crippen molar-refractivity contribution in [3.63, 3.8) is 0 Å². The lowest BCUT2D eigenvalue weighted by Crippen LogP contribution is -2.30. The predicted molar refractivity (Wildman–Crippen MR) is 127 cm³/mol. The Labute approximate surface area is 183 Å². The Morgan fingerprint density at radius 3 is 2.23 bits per heavy atom.